The van der Waals surface area contributed by atoms with Crippen LogP contribution >= 0.6 is 0 Å². The number of fused-ring (bicyclic) bond motifs is 3. The van der Waals surface area contributed by atoms with E-state index in [0.717, 1.165) is 49.8 Å². The predicted octanol–water partition coefficient (Wildman–Crippen LogP) is 4.84. The van der Waals surface area contributed by atoms with Gasteiger partial charge in [-0.25, -0.2) is 0 Å². The molecule has 2 aromatic heterocycles. The summed E-state index contributed by atoms with van der Waals surface area (Å²) in [6.45, 7) is 4.80. The minimum atomic E-state index is -0.949. The zero-order chi connectivity index (χ0) is 23.0. The van der Waals surface area contributed by atoms with Gasteiger partial charge in [-0.05, 0) is 45.1 Å². The number of nitrogens with zero attached hydrogens (tertiary/aromatic N) is 2. The molecule has 6 heteroatoms. The highest BCUT2D eigenvalue weighted by Gasteiger charge is 2.48. The van der Waals surface area contributed by atoms with E-state index in [4.69, 9.17) is 4.42 Å². The van der Waals surface area contributed by atoms with Crippen molar-refractivity contribution < 1.29 is 14.0 Å². The van der Waals surface area contributed by atoms with Crippen molar-refractivity contribution in [2.24, 2.45) is 0 Å². The molecule has 1 aromatic carbocycles. The van der Waals surface area contributed by atoms with Gasteiger partial charge in [0, 0.05) is 24.7 Å². The summed E-state index contributed by atoms with van der Waals surface area (Å²) in [5, 5.41) is 3.29. The van der Waals surface area contributed by atoms with E-state index >= 15 is 0 Å². The zero-order valence-electron chi connectivity index (χ0n) is 19.6. The topological polar surface area (TPSA) is 67.5 Å². The van der Waals surface area contributed by atoms with Crippen LogP contribution < -0.4 is 5.32 Å². The molecule has 0 spiro atoms. The Labute approximate surface area is 194 Å². The molecule has 3 heterocycles. The Balaban J connectivity index is 1.43. The van der Waals surface area contributed by atoms with E-state index in [-0.39, 0.29) is 17.9 Å². The third-order valence-corrected chi connectivity index (χ3v) is 7.36. The van der Waals surface area contributed by atoms with Crippen LogP contribution in [-0.4, -0.2) is 39.4 Å². The Kier molecular flexibility index (Phi) is 5.77. The molecule has 1 atom stereocenters. The molecule has 1 N–H and O–H groups in total. The van der Waals surface area contributed by atoms with Crippen molar-refractivity contribution in [1.29, 1.82) is 0 Å². The van der Waals surface area contributed by atoms with Gasteiger partial charge in [-0.2, -0.15) is 0 Å². The third kappa shape index (κ3) is 4.07. The van der Waals surface area contributed by atoms with E-state index in [9.17, 15) is 9.59 Å². The highest BCUT2D eigenvalue weighted by atomic mass is 16.3. The van der Waals surface area contributed by atoms with Crippen molar-refractivity contribution in [3.05, 3.63) is 59.5 Å². The van der Waals surface area contributed by atoms with Gasteiger partial charge in [0.1, 0.15) is 17.0 Å². The summed E-state index contributed by atoms with van der Waals surface area (Å²) in [4.78, 5) is 29.2. The summed E-state index contributed by atoms with van der Waals surface area (Å²) in [6.07, 6.45) is 7.24. The monoisotopic (exact) mass is 447 g/mol. The van der Waals surface area contributed by atoms with Crippen LogP contribution in [0.3, 0.4) is 0 Å². The second-order valence-corrected chi connectivity index (χ2v) is 9.85. The van der Waals surface area contributed by atoms with Gasteiger partial charge in [0.25, 0.3) is 5.91 Å². The SMILES string of the molecule is Cc1cc2c(cc3n2C[C@](C)(C(=O)NC2CCCCC2)N(CCCc2ccccc2)C3=O)o1. The van der Waals surface area contributed by atoms with E-state index in [2.05, 4.69) is 17.4 Å². The first-order valence-corrected chi connectivity index (χ1v) is 12.2. The molecule has 1 aliphatic carbocycles. The van der Waals surface area contributed by atoms with Crippen molar-refractivity contribution in [1.82, 2.24) is 14.8 Å². The summed E-state index contributed by atoms with van der Waals surface area (Å²) in [7, 11) is 0. The maximum absolute atomic E-state index is 13.7. The Bertz CT molecular complexity index is 1160. The molecule has 1 fully saturated rings. The van der Waals surface area contributed by atoms with Gasteiger partial charge in [0.2, 0.25) is 5.91 Å². The maximum atomic E-state index is 13.7. The van der Waals surface area contributed by atoms with Gasteiger partial charge in [-0.1, -0.05) is 49.6 Å². The number of rotatable bonds is 6. The van der Waals surface area contributed by atoms with Gasteiger partial charge in [-0.3, -0.25) is 9.59 Å². The molecular formula is C27H33N3O3. The van der Waals surface area contributed by atoms with Crippen LogP contribution in [0.4, 0.5) is 0 Å². The van der Waals surface area contributed by atoms with E-state index in [0.29, 0.717) is 24.4 Å². The molecule has 5 rings (SSSR count). The lowest BCUT2D eigenvalue weighted by Crippen LogP contribution is -2.65. The number of benzene rings is 1. The van der Waals surface area contributed by atoms with Crippen LogP contribution in [0.5, 0.6) is 0 Å². The zero-order valence-corrected chi connectivity index (χ0v) is 19.6. The lowest BCUT2D eigenvalue weighted by atomic mass is 9.91. The second kappa shape index (κ2) is 8.73. The largest absolute Gasteiger partial charge is 0.460 e. The Morgan fingerprint density at radius 1 is 1.15 bits per heavy atom. The molecule has 2 aliphatic rings. The predicted molar refractivity (Wildman–Crippen MR) is 128 cm³/mol. The summed E-state index contributed by atoms with van der Waals surface area (Å²) in [6, 6.07) is 14.3. The average Bonchev–Trinajstić information content (AvgIpc) is 3.34. The minimum Gasteiger partial charge on any atom is -0.460 e. The number of hydrogen-bond donors (Lipinski definition) is 1. The fourth-order valence-corrected chi connectivity index (χ4v) is 5.48. The lowest BCUT2D eigenvalue weighted by molar-refractivity contribution is -0.133. The fourth-order valence-electron chi connectivity index (χ4n) is 5.48. The average molecular weight is 448 g/mol. The van der Waals surface area contributed by atoms with E-state index in [1.165, 1.54) is 12.0 Å². The number of nitrogens with one attached hydrogen (secondary N) is 1. The van der Waals surface area contributed by atoms with Crippen molar-refractivity contribution in [2.75, 3.05) is 6.54 Å². The first kappa shape index (κ1) is 21.8. The molecule has 0 bridgehead atoms. The number of aryl methyl sites for hydroxylation is 2. The van der Waals surface area contributed by atoms with Crippen LogP contribution in [0, 0.1) is 6.92 Å². The smallest absolute Gasteiger partial charge is 0.271 e. The number of carbonyl (C=O) groups excluding carboxylic acids is 2. The van der Waals surface area contributed by atoms with E-state index < -0.39 is 5.54 Å². The van der Waals surface area contributed by atoms with Crippen molar-refractivity contribution in [3.63, 3.8) is 0 Å². The highest BCUT2D eigenvalue weighted by Crippen LogP contribution is 2.34. The van der Waals surface area contributed by atoms with Gasteiger partial charge in [-0.15, -0.1) is 0 Å². The third-order valence-electron chi connectivity index (χ3n) is 7.36. The van der Waals surface area contributed by atoms with E-state index in [1.807, 2.05) is 48.7 Å². The lowest BCUT2D eigenvalue weighted by Gasteiger charge is -2.45. The van der Waals surface area contributed by atoms with Gasteiger partial charge in [0.15, 0.2) is 5.58 Å². The Morgan fingerprint density at radius 3 is 2.67 bits per heavy atom. The Morgan fingerprint density at radius 2 is 1.91 bits per heavy atom. The van der Waals surface area contributed by atoms with Crippen molar-refractivity contribution in [2.45, 2.75) is 76.9 Å². The molecule has 174 valence electrons. The van der Waals surface area contributed by atoms with Gasteiger partial charge < -0.3 is 19.2 Å². The highest BCUT2D eigenvalue weighted by molar-refractivity contribution is 6.03. The van der Waals surface area contributed by atoms with Crippen LogP contribution in [0.2, 0.25) is 0 Å². The molecule has 3 aromatic rings. The number of aromatic nitrogens is 1. The number of hydrogen-bond acceptors (Lipinski definition) is 3. The summed E-state index contributed by atoms with van der Waals surface area (Å²) < 4.78 is 7.78. The van der Waals surface area contributed by atoms with Crippen LogP contribution in [0.1, 0.15) is 67.3 Å². The van der Waals surface area contributed by atoms with Crippen LogP contribution in [-0.2, 0) is 17.8 Å². The van der Waals surface area contributed by atoms with Crippen LogP contribution in [0.15, 0.2) is 46.9 Å². The number of carbonyl (C=O) groups is 2. The Hall–Kier alpha value is -3.02. The summed E-state index contributed by atoms with van der Waals surface area (Å²) >= 11 is 0. The molecule has 6 nitrogen and oxygen atoms in total. The normalized spacial score (nSPS) is 21.4. The van der Waals surface area contributed by atoms with Gasteiger partial charge >= 0.3 is 0 Å². The second-order valence-electron chi connectivity index (χ2n) is 9.85. The molecule has 0 saturated heterocycles. The first-order chi connectivity index (χ1) is 16.0. The molecule has 1 aliphatic heterocycles. The van der Waals surface area contributed by atoms with E-state index in [1.54, 1.807) is 4.90 Å². The quantitative estimate of drug-likeness (QED) is 0.588. The standard InChI is InChI=1S/C27H33N3O3/c1-19-16-22-24(33-19)17-23-25(31)30(15-9-12-20-10-5-3-6-11-20)27(2,18-29(22)23)26(32)28-21-13-7-4-8-14-21/h3,5-6,10-11,16-17,21H,4,7-9,12-15,18H2,1-2H3,(H,28,32)/t27-/m1/s1. The van der Waals surface area contributed by atoms with Crippen molar-refractivity contribution >= 4 is 22.9 Å². The first-order valence-electron chi connectivity index (χ1n) is 12.2. The summed E-state index contributed by atoms with van der Waals surface area (Å²) in [5.74, 6) is 0.663. The number of furan rings is 1. The fraction of sp³-hybridized carbons (Fsp3) is 0.481. The number of amides is 2. The molecule has 33 heavy (non-hydrogen) atoms. The van der Waals surface area contributed by atoms with Crippen molar-refractivity contribution in [3.8, 4) is 0 Å². The van der Waals surface area contributed by atoms with Crippen LogP contribution in [0.25, 0.3) is 11.1 Å². The molecule has 0 radical (unpaired) electrons. The maximum Gasteiger partial charge on any atom is 0.271 e. The molecule has 2 amide bonds. The summed E-state index contributed by atoms with van der Waals surface area (Å²) in [5.41, 5.74) is 2.49. The molecular weight excluding hydrogens is 414 g/mol. The molecule has 0 unspecified atom stereocenters. The molecule has 1 saturated carbocycles. The van der Waals surface area contributed by atoms with Gasteiger partial charge in [0.05, 0.1) is 12.1 Å². The minimum absolute atomic E-state index is 0.0461.